The minimum Gasteiger partial charge on any atom is -0.494 e. The molecule has 1 saturated heterocycles. The van der Waals surface area contributed by atoms with Gasteiger partial charge in [0.05, 0.1) is 24.7 Å². The van der Waals surface area contributed by atoms with Crippen molar-refractivity contribution in [1.29, 1.82) is 0 Å². The van der Waals surface area contributed by atoms with Gasteiger partial charge in [0.15, 0.2) is 9.84 Å². The van der Waals surface area contributed by atoms with Crippen LogP contribution in [0.5, 0.6) is 11.5 Å². The van der Waals surface area contributed by atoms with Gasteiger partial charge in [0.25, 0.3) is 0 Å². The third-order valence-electron chi connectivity index (χ3n) is 3.84. The molecule has 0 radical (unpaired) electrons. The lowest BCUT2D eigenvalue weighted by molar-refractivity contribution is 0.192. The lowest BCUT2D eigenvalue weighted by atomic mass is 10.2. The molecular formula is C16H24N2O5S. The second kappa shape index (κ2) is 8.23. The number of rotatable bonds is 7. The largest absolute Gasteiger partial charge is 0.494 e. The summed E-state index contributed by atoms with van der Waals surface area (Å²) in [6, 6.07) is 6.76. The highest BCUT2D eigenvalue weighted by atomic mass is 32.2. The molecule has 0 aromatic heterocycles. The van der Waals surface area contributed by atoms with E-state index in [1.807, 2.05) is 25.1 Å². The summed E-state index contributed by atoms with van der Waals surface area (Å²) in [5, 5.41) is 2.73. The van der Waals surface area contributed by atoms with Gasteiger partial charge in [0.1, 0.15) is 18.1 Å². The van der Waals surface area contributed by atoms with E-state index in [0.29, 0.717) is 31.9 Å². The summed E-state index contributed by atoms with van der Waals surface area (Å²) in [5.41, 5.74) is 0. The monoisotopic (exact) mass is 356 g/mol. The molecule has 1 N–H and O–H groups in total. The molecule has 1 aliphatic rings. The SMILES string of the molecule is CCOc1cccc(OCCNC(=O)N(C)C2CCS(=O)(=O)C2)c1. The first-order chi connectivity index (χ1) is 11.4. The van der Waals surface area contributed by atoms with E-state index in [2.05, 4.69) is 5.32 Å². The number of sulfone groups is 1. The third kappa shape index (κ3) is 5.30. The predicted molar refractivity (Wildman–Crippen MR) is 91.3 cm³/mol. The van der Waals surface area contributed by atoms with Crippen LogP contribution in [0, 0.1) is 0 Å². The second-order valence-corrected chi connectivity index (χ2v) is 7.88. The van der Waals surface area contributed by atoms with Crippen LogP contribution >= 0.6 is 0 Å². The zero-order chi connectivity index (χ0) is 17.6. The molecule has 134 valence electrons. The predicted octanol–water partition coefficient (Wildman–Crippen LogP) is 1.29. The van der Waals surface area contributed by atoms with E-state index in [1.54, 1.807) is 13.1 Å². The van der Waals surface area contributed by atoms with Crippen molar-refractivity contribution in [1.82, 2.24) is 10.2 Å². The van der Waals surface area contributed by atoms with Gasteiger partial charge in [0, 0.05) is 19.2 Å². The first-order valence-corrected chi connectivity index (χ1v) is 9.80. The summed E-state index contributed by atoms with van der Waals surface area (Å²) >= 11 is 0. The molecule has 2 amide bonds. The van der Waals surface area contributed by atoms with Gasteiger partial charge in [0.2, 0.25) is 0 Å². The Morgan fingerprint density at radius 2 is 2.04 bits per heavy atom. The fraction of sp³-hybridized carbons (Fsp3) is 0.562. The molecule has 1 unspecified atom stereocenters. The number of nitrogens with zero attached hydrogens (tertiary/aromatic N) is 1. The number of nitrogens with one attached hydrogen (secondary N) is 1. The summed E-state index contributed by atoms with van der Waals surface area (Å²) < 4.78 is 33.9. The van der Waals surface area contributed by atoms with Crippen molar-refractivity contribution < 1.29 is 22.7 Å². The van der Waals surface area contributed by atoms with Crippen LogP contribution in [0.25, 0.3) is 0 Å². The van der Waals surface area contributed by atoms with Crippen LogP contribution in [0.15, 0.2) is 24.3 Å². The molecule has 0 saturated carbocycles. The number of amides is 2. The van der Waals surface area contributed by atoms with Crippen LogP contribution in [0.2, 0.25) is 0 Å². The fourth-order valence-electron chi connectivity index (χ4n) is 2.52. The van der Waals surface area contributed by atoms with Crippen molar-refractivity contribution in [3.05, 3.63) is 24.3 Å². The first kappa shape index (κ1) is 18.4. The van der Waals surface area contributed by atoms with Crippen LogP contribution in [0.3, 0.4) is 0 Å². The zero-order valence-corrected chi connectivity index (χ0v) is 14.8. The van der Waals surface area contributed by atoms with Gasteiger partial charge < -0.3 is 19.7 Å². The molecular weight excluding hydrogens is 332 g/mol. The highest BCUT2D eigenvalue weighted by Gasteiger charge is 2.32. The molecule has 0 aliphatic carbocycles. The van der Waals surface area contributed by atoms with Gasteiger partial charge in [-0.05, 0) is 25.5 Å². The molecule has 1 atom stereocenters. The van der Waals surface area contributed by atoms with Gasteiger partial charge in [-0.2, -0.15) is 0 Å². The van der Waals surface area contributed by atoms with Crippen LogP contribution in [0.4, 0.5) is 4.79 Å². The van der Waals surface area contributed by atoms with Gasteiger partial charge in [-0.15, -0.1) is 0 Å². The van der Waals surface area contributed by atoms with E-state index < -0.39 is 9.84 Å². The molecule has 1 aromatic rings. The average molecular weight is 356 g/mol. The van der Waals surface area contributed by atoms with Crippen molar-refractivity contribution in [3.8, 4) is 11.5 Å². The maximum Gasteiger partial charge on any atom is 0.317 e. The molecule has 0 spiro atoms. The number of ether oxygens (including phenoxy) is 2. The Hall–Kier alpha value is -1.96. The summed E-state index contributed by atoms with van der Waals surface area (Å²) in [7, 11) is -1.38. The first-order valence-electron chi connectivity index (χ1n) is 7.98. The normalized spacial score (nSPS) is 18.8. The van der Waals surface area contributed by atoms with Crippen molar-refractivity contribution in [2.75, 3.05) is 38.3 Å². The zero-order valence-electron chi connectivity index (χ0n) is 14.0. The summed E-state index contributed by atoms with van der Waals surface area (Å²) in [4.78, 5) is 13.5. The van der Waals surface area contributed by atoms with Crippen LogP contribution in [0.1, 0.15) is 13.3 Å². The minimum absolute atomic E-state index is 0.0393. The Kier molecular flexibility index (Phi) is 6.30. The van der Waals surface area contributed by atoms with Crippen molar-refractivity contribution in [2.24, 2.45) is 0 Å². The Morgan fingerprint density at radius 1 is 1.33 bits per heavy atom. The molecule has 1 fully saturated rings. The number of hydrogen-bond acceptors (Lipinski definition) is 5. The highest BCUT2D eigenvalue weighted by Crippen LogP contribution is 2.19. The van der Waals surface area contributed by atoms with E-state index in [1.165, 1.54) is 4.90 Å². The van der Waals surface area contributed by atoms with E-state index in [0.717, 1.165) is 5.75 Å². The molecule has 0 bridgehead atoms. The number of urea groups is 1. The maximum atomic E-state index is 12.0. The smallest absolute Gasteiger partial charge is 0.317 e. The highest BCUT2D eigenvalue weighted by molar-refractivity contribution is 7.91. The summed E-state index contributed by atoms with van der Waals surface area (Å²) in [5.74, 6) is 1.60. The molecule has 8 heteroatoms. The fourth-order valence-corrected chi connectivity index (χ4v) is 4.29. The molecule has 1 aliphatic heterocycles. The number of carbonyl (C=O) groups is 1. The van der Waals surface area contributed by atoms with Gasteiger partial charge >= 0.3 is 6.03 Å². The number of carbonyl (C=O) groups excluding carboxylic acids is 1. The maximum absolute atomic E-state index is 12.0. The van der Waals surface area contributed by atoms with Crippen molar-refractivity contribution in [3.63, 3.8) is 0 Å². The van der Waals surface area contributed by atoms with Crippen LogP contribution < -0.4 is 14.8 Å². The van der Waals surface area contributed by atoms with Gasteiger partial charge in [-0.25, -0.2) is 13.2 Å². The van der Waals surface area contributed by atoms with Gasteiger partial charge in [-0.3, -0.25) is 0 Å². The van der Waals surface area contributed by atoms with E-state index in [-0.39, 0.29) is 23.6 Å². The Balaban J connectivity index is 1.72. The Labute approximate surface area is 142 Å². The standard InChI is InChI=1S/C16H24N2O5S/c1-3-22-14-5-4-6-15(11-14)23-9-8-17-16(19)18(2)13-7-10-24(20,21)12-13/h4-6,11,13H,3,7-10,12H2,1-2H3,(H,17,19). The van der Waals surface area contributed by atoms with E-state index >= 15 is 0 Å². The molecule has 1 heterocycles. The Bertz CT molecular complexity index is 662. The minimum atomic E-state index is -3.00. The van der Waals surface area contributed by atoms with Crippen molar-refractivity contribution in [2.45, 2.75) is 19.4 Å². The number of hydrogen-bond donors (Lipinski definition) is 1. The third-order valence-corrected chi connectivity index (χ3v) is 5.59. The molecule has 1 aromatic carbocycles. The average Bonchev–Trinajstić information content (AvgIpc) is 2.91. The second-order valence-electron chi connectivity index (χ2n) is 5.66. The topological polar surface area (TPSA) is 84.9 Å². The quantitative estimate of drug-likeness (QED) is 0.744. The molecule has 2 rings (SSSR count). The van der Waals surface area contributed by atoms with E-state index in [4.69, 9.17) is 9.47 Å². The van der Waals surface area contributed by atoms with Gasteiger partial charge in [-0.1, -0.05) is 6.07 Å². The van der Waals surface area contributed by atoms with Crippen molar-refractivity contribution >= 4 is 15.9 Å². The molecule has 24 heavy (non-hydrogen) atoms. The van der Waals surface area contributed by atoms with Crippen LogP contribution in [-0.2, 0) is 9.84 Å². The number of benzene rings is 1. The lowest BCUT2D eigenvalue weighted by Crippen LogP contribution is -2.45. The summed E-state index contributed by atoms with van der Waals surface area (Å²) in [6.45, 7) is 3.15. The molecule has 7 nitrogen and oxygen atoms in total. The van der Waals surface area contributed by atoms with Crippen LogP contribution in [-0.4, -0.2) is 63.7 Å². The van der Waals surface area contributed by atoms with E-state index in [9.17, 15) is 13.2 Å². The Morgan fingerprint density at radius 3 is 2.67 bits per heavy atom. The lowest BCUT2D eigenvalue weighted by Gasteiger charge is -2.23. The summed E-state index contributed by atoms with van der Waals surface area (Å²) in [6.07, 6.45) is 0.493.